The Labute approximate surface area is 122 Å². The Hall–Kier alpha value is -0.870. The highest BCUT2D eigenvalue weighted by Crippen LogP contribution is 2.25. The number of halogens is 1. The zero-order chi connectivity index (χ0) is 14.0. The average molecular weight is 326 g/mol. The number of nitrogens with zero attached hydrogens (tertiary/aromatic N) is 1. The first-order valence-electron chi connectivity index (χ1n) is 6.69. The number of carboxylic acid groups (broad SMARTS) is 1. The number of likely N-dealkylation sites (tertiary alicyclic amines) is 1. The van der Waals surface area contributed by atoms with Gasteiger partial charge in [0.25, 0.3) is 0 Å². The van der Waals surface area contributed by atoms with Gasteiger partial charge in [-0.3, -0.25) is 9.69 Å². The Bertz CT molecular complexity index is 475. The Morgan fingerprint density at radius 2 is 2.26 bits per heavy atom. The summed E-state index contributed by atoms with van der Waals surface area (Å²) in [5.74, 6) is -0.816. The minimum atomic E-state index is -0.647. The lowest BCUT2D eigenvalue weighted by Crippen LogP contribution is -2.42. The third-order valence-electron chi connectivity index (χ3n) is 3.97. The molecule has 1 N–H and O–H groups in total. The van der Waals surface area contributed by atoms with E-state index >= 15 is 0 Å². The van der Waals surface area contributed by atoms with Crippen molar-refractivity contribution in [3.8, 4) is 0 Å². The predicted molar refractivity (Wildman–Crippen MR) is 79.1 cm³/mol. The second kappa shape index (κ2) is 6.06. The maximum Gasteiger partial charge on any atom is 0.306 e. The number of benzene rings is 1. The van der Waals surface area contributed by atoms with Gasteiger partial charge in [0.2, 0.25) is 0 Å². The Morgan fingerprint density at radius 3 is 2.84 bits per heavy atom. The topological polar surface area (TPSA) is 40.5 Å². The van der Waals surface area contributed by atoms with Crippen LogP contribution in [0.4, 0.5) is 0 Å². The van der Waals surface area contributed by atoms with E-state index < -0.39 is 5.97 Å². The van der Waals surface area contributed by atoms with Gasteiger partial charge in [-0.05, 0) is 50.4 Å². The van der Waals surface area contributed by atoms with E-state index in [4.69, 9.17) is 5.11 Å². The maximum absolute atomic E-state index is 11.0. The number of hydrogen-bond acceptors (Lipinski definition) is 2. The van der Waals surface area contributed by atoms with E-state index in [1.807, 2.05) is 0 Å². The summed E-state index contributed by atoms with van der Waals surface area (Å²) in [5, 5.41) is 9.08. The summed E-state index contributed by atoms with van der Waals surface area (Å²) < 4.78 is 1.13. The second-order valence-corrected chi connectivity index (χ2v) is 6.32. The maximum atomic E-state index is 11.0. The van der Waals surface area contributed by atoms with Gasteiger partial charge in [-0.1, -0.05) is 28.1 Å². The van der Waals surface area contributed by atoms with E-state index in [0.29, 0.717) is 6.04 Å². The first-order chi connectivity index (χ1) is 8.97. The Kier molecular flexibility index (Phi) is 4.63. The van der Waals surface area contributed by atoms with Gasteiger partial charge >= 0.3 is 5.97 Å². The number of aryl methyl sites for hydroxylation is 1. The second-order valence-electron chi connectivity index (χ2n) is 5.46. The number of carbonyl (C=O) groups is 1. The molecule has 1 aromatic carbocycles. The van der Waals surface area contributed by atoms with Crippen molar-refractivity contribution in [2.75, 3.05) is 6.54 Å². The summed E-state index contributed by atoms with van der Waals surface area (Å²) >= 11 is 3.51. The molecule has 0 bridgehead atoms. The van der Waals surface area contributed by atoms with Crippen molar-refractivity contribution in [2.24, 2.45) is 5.92 Å². The van der Waals surface area contributed by atoms with Crippen LogP contribution in [0.2, 0.25) is 0 Å². The van der Waals surface area contributed by atoms with E-state index in [1.165, 1.54) is 11.1 Å². The molecule has 2 rings (SSSR count). The molecule has 0 amide bonds. The summed E-state index contributed by atoms with van der Waals surface area (Å²) in [6.07, 6.45) is 1.51. The van der Waals surface area contributed by atoms with E-state index in [9.17, 15) is 4.79 Å². The molecule has 1 aromatic rings. The average Bonchev–Trinajstić information content (AvgIpc) is 2.36. The van der Waals surface area contributed by atoms with Gasteiger partial charge in [-0.25, -0.2) is 0 Å². The molecule has 3 nitrogen and oxygen atoms in total. The Balaban J connectivity index is 2.00. The lowest BCUT2D eigenvalue weighted by molar-refractivity contribution is -0.144. The SMILES string of the molecule is Cc1cc(CN2CCC(C(=O)O)CC2C)ccc1Br. The highest BCUT2D eigenvalue weighted by Gasteiger charge is 2.29. The zero-order valence-corrected chi connectivity index (χ0v) is 13.0. The van der Waals surface area contributed by atoms with Crippen molar-refractivity contribution in [2.45, 2.75) is 39.3 Å². The van der Waals surface area contributed by atoms with Gasteiger partial charge in [0, 0.05) is 17.1 Å². The minimum absolute atomic E-state index is 0.169. The van der Waals surface area contributed by atoms with Crippen LogP contribution in [0.15, 0.2) is 22.7 Å². The van der Waals surface area contributed by atoms with Gasteiger partial charge in [0.1, 0.15) is 0 Å². The van der Waals surface area contributed by atoms with Crippen molar-refractivity contribution in [1.82, 2.24) is 4.90 Å². The smallest absolute Gasteiger partial charge is 0.306 e. The molecule has 104 valence electrons. The van der Waals surface area contributed by atoms with Crippen LogP contribution < -0.4 is 0 Å². The molecule has 2 atom stereocenters. The van der Waals surface area contributed by atoms with Gasteiger partial charge in [0.05, 0.1) is 5.92 Å². The van der Waals surface area contributed by atoms with Crippen LogP contribution >= 0.6 is 15.9 Å². The Morgan fingerprint density at radius 1 is 1.53 bits per heavy atom. The summed E-state index contributed by atoms with van der Waals surface area (Å²) in [6, 6.07) is 6.74. The zero-order valence-electron chi connectivity index (χ0n) is 11.4. The molecule has 2 unspecified atom stereocenters. The third kappa shape index (κ3) is 3.57. The van der Waals surface area contributed by atoms with Crippen LogP contribution in [0, 0.1) is 12.8 Å². The molecule has 0 aromatic heterocycles. The van der Waals surface area contributed by atoms with Crippen molar-refractivity contribution < 1.29 is 9.90 Å². The van der Waals surface area contributed by atoms with Crippen molar-refractivity contribution in [3.63, 3.8) is 0 Å². The molecule has 0 spiro atoms. The molecule has 1 heterocycles. The number of hydrogen-bond donors (Lipinski definition) is 1. The normalized spacial score (nSPS) is 24.4. The summed E-state index contributed by atoms with van der Waals surface area (Å²) in [5.41, 5.74) is 2.53. The molecule has 1 aliphatic rings. The molecule has 0 aliphatic carbocycles. The van der Waals surface area contributed by atoms with Crippen LogP contribution in [0.25, 0.3) is 0 Å². The highest BCUT2D eigenvalue weighted by molar-refractivity contribution is 9.10. The predicted octanol–water partition coefficient (Wildman–Crippen LogP) is 3.44. The molecule has 19 heavy (non-hydrogen) atoms. The van der Waals surface area contributed by atoms with Crippen molar-refractivity contribution in [3.05, 3.63) is 33.8 Å². The molecular weight excluding hydrogens is 306 g/mol. The number of piperidine rings is 1. The molecule has 0 saturated carbocycles. The lowest BCUT2D eigenvalue weighted by atomic mass is 9.91. The van der Waals surface area contributed by atoms with Crippen molar-refractivity contribution >= 4 is 21.9 Å². The first kappa shape index (κ1) is 14.5. The van der Waals surface area contributed by atoms with E-state index in [0.717, 1.165) is 30.4 Å². The van der Waals surface area contributed by atoms with Gasteiger partial charge in [-0.2, -0.15) is 0 Å². The minimum Gasteiger partial charge on any atom is -0.481 e. The molecule has 4 heteroatoms. The summed E-state index contributed by atoms with van der Waals surface area (Å²) in [7, 11) is 0. The fourth-order valence-electron chi connectivity index (χ4n) is 2.72. The van der Waals surface area contributed by atoms with E-state index in [-0.39, 0.29) is 5.92 Å². The van der Waals surface area contributed by atoms with E-state index in [2.05, 4.69) is 52.9 Å². The third-order valence-corrected chi connectivity index (χ3v) is 4.86. The number of aliphatic carboxylic acids is 1. The van der Waals surface area contributed by atoms with Gasteiger partial charge < -0.3 is 5.11 Å². The largest absolute Gasteiger partial charge is 0.481 e. The quantitative estimate of drug-likeness (QED) is 0.925. The molecule has 1 aliphatic heterocycles. The monoisotopic (exact) mass is 325 g/mol. The van der Waals surface area contributed by atoms with Crippen molar-refractivity contribution in [1.29, 1.82) is 0 Å². The number of rotatable bonds is 3. The lowest BCUT2D eigenvalue weighted by Gasteiger charge is -2.36. The highest BCUT2D eigenvalue weighted by atomic mass is 79.9. The van der Waals surface area contributed by atoms with E-state index in [1.54, 1.807) is 0 Å². The van der Waals surface area contributed by atoms with Crippen LogP contribution in [-0.4, -0.2) is 28.6 Å². The molecule has 1 saturated heterocycles. The summed E-state index contributed by atoms with van der Waals surface area (Å²) in [6.45, 7) is 5.99. The van der Waals surface area contributed by atoms with Gasteiger partial charge in [0.15, 0.2) is 0 Å². The van der Waals surface area contributed by atoms with Crippen LogP contribution in [0.3, 0.4) is 0 Å². The molecular formula is C15H20BrNO2. The standard InChI is InChI=1S/C15H20BrNO2/c1-10-7-12(3-4-14(10)16)9-17-6-5-13(15(18)19)8-11(17)2/h3-4,7,11,13H,5-6,8-9H2,1-2H3,(H,18,19). The molecule has 0 radical (unpaired) electrons. The van der Waals surface area contributed by atoms with Crippen LogP contribution in [0.5, 0.6) is 0 Å². The fourth-order valence-corrected chi connectivity index (χ4v) is 2.97. The first-order valence-corrected chi connectivity index (χ1v) is 7.48. The summed E-state index contributed by atoms with van der Waals surface area (Å²) in [4.78, 5) is 13.4. The van der Waals surface area contributed by atoms with Gasteiger partial charge in [-0.15, -0.1) is 0 Å². The van der Waals surface area contributed by atoms with Crippen LogP contribution in [-0.2, 0) is 11.3 Å². The molecule has 1 fully saturated rings. The van der Waals surface area contributed by atoms with Crippen LogP contribution in [0.1, 0.15) is 30.9 Å². The fraction of sp³-hybridized carbons (Fsp3) is 0.533. The number of carboxylic acids is 1.